The third-order valence-electron chi connectivity index (χ3n) is 2.46. The van der Waals surface area contributed by atoms with Crippen LogP contribution in [-0.4, -0.2) is 30.2 Å². The standard InChI is InChI=1S/C11H15N3O/c1-8-13-7-10(15-2)11(14-8)9-3-5-12-6-4-9/h3,7,12H,4-6H2,1-2H3. The van der Waals surface area contributed by atoms with Gasteiger partial charge in [0.25, 0.3) is 0 Å². The van der Waals surface area contributed by atoms with E-state index in [1.54, 1.807) is 13.3 Å². The Morgan fingerprint density at radius 2 is 2.33 bits per heavy atom. The average Bonchev–Trinajstić information content (AvgIpc) is 2.30. The Kier molecular flexibility index (Phi) is 2.97. The highest BCUT2D eigenvalue weighted by molar-refractivity contribution is 5.68. The fourth-order valence-electron chi connectivity index (χ4n) is 1.68. The van der Waals surface area contributed by atoms with E-state index in [-0.39, 0.29) is 0 Å². The molecule has 2 rings (SSSR count). The van der Waals surface area contributed by atoms with Gasteiger partial charge in [-0.2, -0.15) is 0 Å². The zero-order valence-electron chi connectivity index (χ0n) is 9.08. The van der Waals surface area contributed by atoms with Crippen molar-refractivity contribution >= 4 is 5.57 Å². The predicted molar refractivity (Wildman–Crippen MR) is 58.8 cm³/mol. The lowest BCUT2D eigenvalue weighted by Crippen LogP contribution is -2.20. The first kappa shape index (κ1) is 10.1. The molecule has 0 atom stereocenters. The minimum atomic E-state index is 0.758. The number of hydrogen-bond acceptors (Lipinski definition) is 4. The van der Waals surface area contributed by atoms with Crippen LogP contribution in [0.5, 0.6) is 5.75 Å². The van der Waals surface area contributed by atoms with Crippen molar-refractivity contribution in [2.45, 2.75) is 13.3 Å². The number of nitrogens with zero attached hydrogens (tertiary/aromatic N) is 2. The van der Waals surface area contributed by atoms with Crippen LogP contribution in [0.2, 0.25) is 0 Å². The summed E-state index contributed by atoms with van der Waals surface area (Å²) in [6.45, 7) is 3.80. The molecule has 0 saturated carbocycles. The van der Waals surface area contributed by atoms with Gasteiger partial charge >= 0.3 is 0 Å². The summed E-state index contributed by atoms with van der Waals surface area (Å²) in [5.41, 5.74) is 2.18. The summed E-state index contributed by atoms with van der Waals surface area (Å²) in [4.78, 5) is 8.56. The van der Waals surface area contributed by atoms with Crippen molar-refractivity contribution in [3.05, 3.63) is 23.8 Å². The molecule has 0 fully saturated rings. The molecule has 0 bridgehead atoms. The lowest BCUT2D eigenvalue weighted by atomic mass is 10.1. The molecule has 80 valence electrons. The molecule has 0 amide bonds. The van der Waals surface area contributed by atoms with Crippen LogP contribution in [0.4, 0.5) is 0 Å². The molecular formula is C11H15N3O. The molecule has 0 radical (unpaired) electrons. The van der Waals surface area contributed by atoms with Gasteiger partial charge in [-0.3, -0.25) is 0 Å². The Hall–Kier alpha value is -1.42. The summed E-state index contributed by atoms with van der Waals surface area (Å²) in [6, 6.07) is 0. The second-order valence-electron chi connectivity index (χ2n) is 3.52. The number of rotatable bonds is 2. The van der Waals surface area contributed by atoms with Crippen LogP contribution in [-0.2, 0) is 0 Å². The van der Waals surface area contributed by atoms with E-state index < -0.39 is 0 Å². The van der Waals surface area contributed by atoms with Crippen LogP contribution in [0.15, 0.2) is 12.3 Å². The number of ether oxygens (including phenoxy) is 1. The first-order valence-electron chi connectivity index (χ1n) is 5.09. The highest BCUT2D eigenvalue weighted by atomic mass is 16.5. The topological polar surface area (TPSA) is 47.0 Å². The third-order valence-corrected chi connectivity index (χ3v) is 2.46. The number of methoxy groups -OCH3 is 1. The molecule has 1 aromatic rings. The van der Waals surface area contributed by atoms with Gasteiger partial charge < -0.3 is 10.1 Å². The smallest absolute Gasteiger partial charge is 0.163 e. The zero-order chi connectivity index (χ0) is 10.7. The van der Waals surface area contributed by atoms with Gasteiger partial charge in [-0.25, -0.2) is 9.97 Å². The van der Waals surface area contributed by atoms with Gasteiger partial charge in [-0.15, -0.1) is 0 Å². The van der Waals surface area contributed by atoms with Gasteiger partial charge in [0.1, 0.15) is 11.5 Å². The summed E-state index contributed by atoms with van der Waals surface area (Å²) >= 11 is 0. The fraction of sp³-hybridized carbons (Fsp3) is 0.455. The predicted octanol–water partition coefficient (Wildman–Crippen LogP) is 1.17. The third kappa shape index (κ3) is 2.15. The molecule has 4 nitrogen and oxygen atoms in total. The van der Waals surface area contributed by atoms with Crippen LogP contribution < -0.4 is 10.1 Å². The number of aryl methyl sites for hydroxylation is 1. The molecular weight excluding hydrogens is 190 g/mol. The molecule has 0 saturated heterocycles. The molecule has 15 heavy (non-hydrogen) atoms. The van der Waals surface area contributed by atoms with Gasteiger partial charge in [0.15, 0.2) is 5.75 Å². The van der Waals surface area contributed by atoms with E-state index >= 15 is 0 Å². The average molecular weight is 205 g/mol. The Morgan fingerprint density at radius 3 is 3.00 bits per heavy atom. The first-order chi connectivity index (χ1) is 7.31. The van der Waals surface area contributed by atoms with Crippen LogP contribution >= 0.6 is 0 Å². The van der Waals surface area contributed by atoms with Crippen molar-refractivity contribution in [3.8, 4) is 5.75 Å². The van der Waals surface area contributed by atoms with Gasteiger partial charge in [-0.05, 0) is 25.5 Å². The summed E-state index contributed by atoms with van der Waals surface area (Å²) < 4.78 is 5.27. The van der Waals surface area contributed by atoms with Crippen molar-refractivity contribution in [3.63, 3.8) is 0 Å². The lowest BCUT2D eigenvalue weighted by Gasteiger charge is -2.15. The van der Waals surface area contributed by atoms with Gasteiger partial charge in [0.2, 0.25) is 0 Å². The van der Waals surface area contributed by atoms with E-state index in [4.69, 9.17) is 4.74 Å². The quantitative estimate of drug-likeness (QED) is 0.787. The van der Waals surface area contributed by atoms with Crippen LogP contribution in [0, 0.1) is 6.92 Å². The van der Waals surface area contributed by atoms with Crippen LogP contribution in [0.3, 0.4) is 0 Å². The van der Waals surface area contributed by atoms with Gasteiger partial charge in [0, 0.05) is 6.54 Å². The minimum absolute atomic E-state index is 0.758. The SMILES string of the molecule is COc1cnc(C)nc1C1=CCNCC1. The number of aromatic nitrogens is 2. The molecule has 1 aliphatic heterocycles. The normalized spacial score (nSPS) is 16.0. The molecule has 4 heteroatoms. The maximum Gasteiger partial charge on any atom is 0.163 e. The Labute approximate surface area is 89.4 Å². The zero-order valence-corrected chi connectivity index (χ0v) is 9.08. The molecule has 0 spiro atoms. The number of nitrogens with one attached hydrogen (secondary N) is 1. The minimum Gasteiger partial charge on any atom is -0.493 e. The number of hydrogen-bond donors (Lipinski definition) is 1. The second-order valence-corrected chi connectivity index (χ2v) is 3.52. The van der Waals surface area contributed by atoms with Gasteiger partial charge in [-0.1, -0.05) is 6.08 Å². The highest BCUT2D eigenvalue weighted by Gasteiger charge is 2.13. The molecule has 1 N–H and O–H groups in total. The summed E-state index contributed by atoms with van der Waals surface area (Å²) in [5, 5.41) is 3.28. The molecule has 2 heterocycles. The molecule has 0 unspecified atom stereocenters. The first-order valence-corrected chi connectivity index (χ1v) is 5.09. The van der Waals surface area contributed by atoms with Crippen molar-refractivity contribution < 1.29 is 4.74 Å². The lowest BCUT2D eigenvalue weighted by molar-refractivity contribution is 0.408. The Balaban J connectivity index is 2.40. The Bertz CT molecular complexity index is 387. The van der Waals surface area contributed by atoms with Crippen LogP contribution in [0.1, 0.15) is 17.9 Å². The van der Waals surface area contributed by atoms with E-state index in [0.29, 0.717) is 0 Å². The molecule has 1 aromatic heterocycles. The van der Waals surface area contributed by atoms with E-state index in [1.165, 1.54) is 5.57 Å². The molecule has 1 aliphatic rings. The molecule has 0 aromatic carbocycles. The fourth-order valence-corrected chi connectivity index (χ4v) is 1.68. The van der Waals surface area contributed by atoms with Gasteiger partial charge in [0.05, 0.1) is 13.3 Å². The maximum atomic E-state index is 5.27. The Morgan fingerprint density at radius 1 is 1.47 bits per heavy atom. The second kappa shape index (κ2) is 4.40. The van der Waals surface area contributed by atoms with Crippen LogP contribution in [0.25, 0.3) is 5.57 Å². The van der Waals surface area contributed by atoms with Crippen molar-refractivity contribution in [1.82, 2.24) is 15.3 Å². The summed E-state index contributed by atoms with van der Waals surface area (Å²) in [6.07, 6.45) is 4.89. The maximum absolute atomic E-state index is 5.27. The van der Waals surface area contributed by atoms with Crippen molar-refractivity contribution in [1.29, 1.82) is 0 Å². The van der Waals surface area contributed by atoms with E-state index in [0.717, 1.165) is 36.8 Å². The largest absolute Gasteiger partial charge is 0.493 e. The van der Waals surface area contributed by atoms with E-state index in [1.807, 2.05) is 6.92 Å². The van der Waals surface area contributed by atoms with E-state index in [9.17, 15) is 0 Å². The highest BCUT2D eigenvalue weighted by Crippen LogP contribution is 2.26. The molecule has 0 aliphatic carbocycles. The monoisotopic (exact) mass is 205 g/mol. The van der Waals surface area contributed by atoms with Crippen molar-refractivity contribution in [2.75, 3.05) is 20.2 Å². The summed E-state index contributed by atoms with van der Waals surface area (Å²) in [7, 11) is 1.65. The summed E-state index contributed by atoms with van der Waals surface area (Å²) in [5.74, 6) is 1.54. The van der Waals surface area contributed by atoms with E-state index in [2.05, 4.69) is 21.4 Å². The van der Waals surface area contributed by atoms with Crippen molar-refractivity contribution in [2.24, 2.45) is 0 Å².